The molecule has 1 heterocycles. The Bertz CT molecular complexity index is 578. The van der Waals surface area contributed by atoms with Crippen LogP contribution in [0.1, 0.15) is 21.6 Å². The van der Waals surface area contributed by atoms with E-state index in [4.69, 9.17) is 4.74 Å². The number of esters is 1. The van der Waals surface area contributed by atoms with E-state index < -0.39 is 0 Å². The van der Waals surface area contributed by atoms with E-state index in [-0.39, 0.29) is 5.97 Å². The van der Waals surface area contributed by atoms with E-state index >= 15 is 0 Å². The fourth-order valence-corrected chi connectivity index (χ4v) is 2.23. The molecule has 1 N–H and O–H groups in total. The lowest BCUT2D eigenvalue weighted by Gasteiger charge is -2.08. The quantitative estimate of drug-likeness (QED) is 0.862. The maximum atomic E-state index is 11.5. The Labute approximate surface area is 110 Å². The molecule has 2 rings (SSSR count). The number of aryl methyl sites for hydroxylation is 2. The molecule has 0 aliphatic carbocycles. The number of thiazole rings is 1. The van der Waals surface area contributed by atoms with E-state index in [0.29, 0.717) is 5.56 Å². The first-order valence-corrected chi connectivity index (χ1v) is 6.36. The molecule has 0 unspecified atom stereocenters. The lowest BCUT2D eigenvalue weighted by Crippen LogP contribution is -2.03. The van der Waals surface area contributed by atoms with Gasteiger partial charge in [-0.25, -0.2) is 9.78 Å². The highest BCUT2D eigenvalue weighted by atomic mass is 32.1. The van der Waals surface area contributed by atoms with Crippen molar-refractivity contribution in [3.63, 3.8) is 0 Å². The Morgan fingerprint density at radius 2 is 2.17 bits per heavy atom. The normalized spacial score (nSPS) is 10.2. The molecule has 0 aliphatic rings. The molecule has 5 heteroatoms. The van der Waals surface area contributed by atoms with Gasteiger partial charge in [-0.2, -0.15) is 0 Å². The smallest absolute Gasteiger partial charge is 0.337 e. The van der Waals surface area contributed by atoms with Gasteiger partial charge < -0.3 is 10.1 Å². The van der Waals surface area contributed by atoms with Gasteiger partial charge in [0.2, 0.25) is 0 Å². The van der Waals surface area contributed by atoms with Gasteiger partial charge in [0, 0.05) is 11.1 Å². The fourth-order valence-electron chi connectivity index (χ4n) is 1.53. The molecular formula is C13H14N2O2S. The first-order valence-electron chi connectivity index (χ1n) is 5.48. The van der Waals surface area contributed by atoms with Gasteiger partial charge in [0.15, 0.2) is 5.13 Å². The summed E-state index contributed by atoms with van der Waals surface area (Å²) in [7, 11) is 1.37. The van der Waals surface area contributed by atoms with E-state index in [1.165, 1.54) is 18.4 Å². The Hall–Kier alpha value is -1.88. The van der Waals surface area contributed by atoms with Gasteiger partial charge in [-0.1, -0.05) is 6.07 Å². The molecule has 0 radical (unpaired) electrons. The van der Waals surface area contributed by atoms with Crippen molar-refractivity contribution >= 4 is 28.1 Å². The van der Waals surface area contributed by atoms with E-state index in [1.54, 1.807) is 12.1 Å². The van der Waals surface area contributed by atoms with Crippen molar-refractivity contribution in [1.82, 2.24) is 4.98 Å². The molecule has 1 aromatic carbocycles. The lowest BCUT2D eigenvalue weighted by molar-refractivity contribution is 0.0601. The van der Waals surface area contributed by atoms with Crippen molar-refractivity contribution in [3.8, 4) is 0 Å². The zero-order valence-electron chi connectivity index (χ0n) is 10.5. The molecule has 0 saturated carbocycles. The highest BCUT2D eigenvalue weighted by Gasteiger charge is 2.09. The van der Waals surface area contributed by atoms with Gasteiger partial charge in [0.1, 0.15) is 0 Å². The van der Waals surface area contributed by atoms with Crippen molar-refractivity contribution in [3.05, 3.63) is 40.4 Å². The molecule has 0 saturated heterocycles. The number of anilines is 2. The number of nitrogens with zero attached hydrogens (tertiary/aromatic N) is 1. The molecule has 18 heavy (non-hydrogen) atoms. The van der Waals surface area contributed by atoms with Gasteiger partial charge in [-0.15, -0.1) is 11.3 Å². The van der Waals surface area contributed by atoms with Crippen molar-refractivity contribution in [2.45, 2.75) is 13.8 Å². The van der Waals surface area contributed by atoms with Crippen LogP contribution in [-0.2, 0) is 4.74 Å². The van der Waals surface area contributed by atoms with Gasteiger partial charge >= 0.3 is 5.97 Å². The first-order chi connectivity index (χ1) is 8.60. The average molecular weight is 262 g/mol. The van der Waals surface area contributed by atoms with Crippen LogP contribution in [0, 0.1) is 13.8 Å². The van der Waals surface area contributed by atoms with Crippen LogP contribution in [0.2, 0.25) is 0 Å². The third-order valence-corrected chi connectivity index (χ3v) is 3.39. The predicted molar refractivity (Wildman–Crippen MR) is 72.7 cm³/mol. The summed E-state index contributed by atoms with van der Waals surface area (Å²) in [5.74, 6) is -0.339. The molecule has 4 nitrogen and oxygen atoms in total. The number of aromatic nitrogens is 1. The number of carbonyl (C=O) groups is 1. The van der Waals surface area contributed by atoms with Crippen LogP contribution >= 0.6 is 11.3 Å². The zero-order valence-corrected chi connectivity index (χ0v) is 11.3. The average Bonchev–Trinajstić information content (AvgIpc) is 2.76. The van der Waals surface area contributed by atoms with Gasteiger partial charge in [0.25, 0.3) is 0 Å². The number of nitrogens with one attached hydrogen (secondary N) is 1. The van der Waals surface area contributed by atoms with Crippen LogP contribution in [0.15, 0.2) is 23.6 Å². The van der Waals surface area contributed by atoms with E-state index in [0.717, 1.165) is 22.1 Å². The van der Waals surface area contributed by atoms with Crippen LogP contribution in [-0.4, -0.2) is 18.1 Å². The second kappa shape index (κ2) is 5.18. The predicted octanol–water partition coefficient (Wildman–Crippen LogP) is 3.29. The number of rotatable bonds is 3. The Morgan fingerprint density at radius 3 is 2.78 bits per heavy atom. The van der Waals surface area contributed by atoms with Crippen molar-refractivity contribution < 1.29 is 9.53 Å². The zero-order chi connectivity index (χ0) is 13.1. The number of ether oxygens (including phenoxy) is 1. The summed E-state index contributed by atoms with van der Waals surface area (Å²) in [5, 5.41) is 6.00. The fraction of sp³-hybridized carbons (Fsp3) is 0.231. The van der Waals surface area contributed by atoms with E-state index in [1.807, 2.05) is 25.3 Å². The number of carbonyl (C=O) groups excluding carboxylic acids is 1. The summed E-state index contributed by atoms with van der Waals surface area (Å²) in [6, 6.07) is 5.41. The summed E-state index contributed by atoms with van der Waals surface area (Å²) in [4.78, 5) is 15.8. The van der Waals surface area contributed by atoms with Crippen LogP contribution in [0.4, 0.5) is 10.8 Å². The lowest BCUT2D eigenvalue weighted by atomic mass is 10.1. The molecule has 0 atom stereocenters. The summed E-state index contributed by atoms with van der Waals surface area (Å²) >= 11 is 1.53. The van der Waals surface area contributed by atoms with Crippen molar-refractivity contribution in [2.75, 3.05) is 12.4 Å². The highest BCUT2D eigenvalue weighted by molar-refractivity contribution is 7.13. The summed E-state index contributed by atoms with van der Waals surface area (Å²) in [5.41, 5.74) is 3.42. The number of hydrogen-bond donors (Lipinski definition) is 1. The Morgan fingerprint density at radius 1 is 1.39 bits per heavy atom. The van der Waals surface area contributed by atoms with Gasteiger partial charge in [-0.05, 0) is 31.5 Å². The molecule has 0 amide bonds. The third kappa shape index (κ3) is 2.68. The van der Waals surface area contributed by atoms with Crippen LogP contribution < -0.4 is 5.32 Å². The Balaban J connectivity index is 2.29. The highest BCUT2D eigenvalue weighted by Crippen LogP contribution is 2.24. The minimum absolute atomic E-state index is 0.339. The molecule has 0 spiro atoms. The summed E-state index contributed by atoms with van der Waals surface area (Å²) in [6.07, 6.45) is 0. The maximum Gasteiger partial charge on any atom is 0.337 e. The van der Waals surface area contributed by atoms with E-state index in [9.17, 15) is 4.79 Å². The maximum absolute atomic E-state index is 11.5. The van der Waals surface area contributed by atoms with Crippen molar-refractivity contribution in [1.29, 1.82) is 0 Å². The largest absolute Gasteiger partial charge is 0.465 e. The first kappa shape index (κ1) is 12.6. The van der Waals surface area contributed by atoms with Crippen LogP contribution in [0.5, 0.6) is 0 Å². The standard InChI is InChI=1S/C13H14N2O2S/c1-8-4-5-10(12(16)17-3)6-11(8)15-13-14-9(2)7-18-13/h4-7H,1-3H3,(H,14,15). The summed E-state index contributed by atoms with van der Waals surface area (Å²) in [6.45, 7) is 3.92. The molecular weight excluding hydrogens is 248 g/mol. The number of methoxy groups -OCH3 is 1. The Kier molecular flexibility index (Phi) is 3.62. The molecule has 1 aromatic heterocycles. The second-order valence-corrected chi connectivity index (χ2v) is 4.80. The third-order valence-electron chi connectivity index (χ3n) is 2.52. The minimum atomic E-state index is -0.339. The monoisotopic (exact) mass is 262 g/mol. The topological polar surface area (TPSA) is 51.2 Å². The van der Waals surface area contributed by atoms with Gasteiger partial charge in [0.05, 0.1) is 18.4 Å². The van der Waals surface area contributed by atoms with Crippen LogP contribution in [0.3, 0.4) is 0 Å². The van der Waals surface area contributed by atoms with Crippen molar-refractivity contribution in [2.24, 2.45) is 0 Å². The molecule has 0 aliphatic heterocycles. The van der Waals surface area contributed by atoms with Gasteiger partial charge in [-0.3, -0.25) is 0 Å². The molecule has 94 valence electrons. The second-order valence-electron chi connectivity index (χ2n) is 3.94. The van der Waals surface area contributed by atoms with E-state index in [2.05, 4.69) is 10.3 Å². The molecule has 0 bridgehead atoms. The SMILES string of the molecule is COC(=O)c1ccc(C)c(Nc2nc(C)cs2)c1. The minimum Gasteiger partial charge on any atom is -0.465 e. The summed E-state index contributed by atoms with van der Waals surface area (Å²) < 4.78 is 4.71. The number of benzene rings is 1. The molecule has 0 fully saturated rings. The van der Waals surface area contributed by atoms with Crippen LogP contribution in [0.25, 0.3) is 0 Å². The number of hydrogen-bond acceptors (Lipinski definition) is 5. The molecule has 2 aromatic rings.